The van der Waals surface area contributed by atoms with Gasteiger partial charge >= 0.3 is 0 Å². The molecule has 0 bridgehead atoms. The zero-order valence-electron chi connectivity index (χ0n) is 19.7. The van der Waals surface area contributed by atoms with Gasteiger partial charge in [0.15, 0.2) is 12.6 Å². The van der Waals surface area contributed by atoms with Crippen molar-refractivity contribution >= 4 is 0 Å². The summed E-state index contributed by atoms with van der Waals surface area (Å²) < 4.78 is 30.9. The van der Waals surface area contributed by atoms with Gasteiger partial charge in [0, 0.05) is 5.92 Å². The van der Waals surface area contributed by atoms with E-state index >= 15 is 0 Å². The molecule has 3 rings (SSSR count). The van der Waals surface area contributed by atoms with E-state index in [9.17, 15) is 0 Å². The predicted molar refractivity (Wildman–Crippen MR) is 129 cm³/mol. The molecule has 178 valence electrons. The molecule has 5 atom stereocenters. The Hall–Kier alpha value is -2.28. The van der Waals surface area contributed by atoms with Gasteiger partial charge in [-0.1, -0.05) is 93.2 Å². The summed E-state index contributed by atoms with van der Waals surface area (Å²) in [5.41, 5.74) is 3.16. The van der Waals surface area contributed by atoms with Crippen LogP contribution in [0.2, 0.25) is 0 Å². The standard InChI is InChI=1S/C28H36O5/c1-5-21(3)17-29-25(6-2)33-26-22(4)18-31-28(32-20-24-15-11-8-12-16-24)27(26)30-19-23-13-9-7-10-14-23/h6-16,22,25-28H,2-3,5,17-20H2,1,4H3/t22-,25+,26+,27-,28-/m1/s1. The molecule has 5 nitrogen and oxygen atoms in total. The van der Waals surface area contributed by atoms with Gasteiger partial charge in [0.1, 0.15) is 6.10 Å². The maximum absolute atomic E-state index is 6.36. The van der Waals surface area contributed by atoms with Crippen LogP contribution in [0.25, 0.3) is 0 Å². The molecule has 0 aliphatic carbocycles. The first-order valence-corrected chi connectivity index (χ1v) is 11.6. The Kier molecular flexibility index (Phi) is 10.3. The second-order valence-electron chi connectivity index (χ2n) is 8.36. The van der Waals surface area contributed by atoms with Gasteiger partial charge in [-0.15, -0.1) is 0 Å². The minimum absolute atomic E-state index is 0.0859. The highest BCUT2D eigenvalue weighted by Crippen LogP contribution is 2.29. The molecule has 0 spiro atoms. The highest BCUT2D eigenvalue weighted by molar-refractivity contribution is 5.14. The van der Waals surface area contributed by atoms with Crippen molar-refractivity contribution in [3.05, 3.63) is 96.6 Å². The van der Waals surface area contributed by atoms with E-state index in [4.69, 9.17) is 23.7 Å². The molecule has 1 aliphatic rings. The first-order chi connectivity index (χ1) is 16.1. The Bertz CT molecular complexity index is 838. The first-order valence-electron chi connectivity index (χ1n) is 11.6. The number of rotatable bonds is 13. The van der Waals surface area contributed by atoms with Crippen LogP contribution in [-0.2, 0) is 36.9 Å². The van der Waals surface area contributed by atoms with Crippen molar-refractivity contribution in [1.29, 1.82) is 0 Å². The molecule has 5 heteroatoms. The van der Waals surface area contributed by atoms with E-state index in [0.29, 0.717) is 26.4 Å². The molecular formula is C28H36O5. The summed E-state index contributed by atoms with van der Waals surface area (Å²) in [4.78, 5) is 0. The quantitative estimate of drug-likeness (QED) is 0.290. The van der Waals surface area contributed by atoms with E-state index in [-0.39, 0.29) is 12.0 Å². The third kappa shape index (κ3) is 7.91. The fourth-order valence-corrected chi connectivity index (χ4v) is 3.58. The second kappa shape index (κ2) is 13.4. The topological polar surface area (TPSA) is 46.2 Å². The normalized spacial score (nSPS) is 23.7. The van der Waals surface area contributed by atoms with Crippen LogP contribution in [0.3, 0.4) is 0 Å². The van der Waals surface area contributed by atoms with E-state index in [2.05, 4.69) is 27.0 Å². The molecule has 2 aromatic rings. The smallest absolute Gasteiger partial charge is 0.186 e. The molecule has 0 unspecified atom stereocenters. The lowest BCUT2D eigenvalue weighted by Crippen LogP contribution is -2.53. The molecule has 1 heterocycles. The van der Waals surface area contributed by atoms with Crippen molar-refractivity contribution in [2.45, 2.75) is 58.3 Å². The van der Waals surface area contributed by atoms with Crippen molar-refractivity contribution in [3.8, 4) is 0 Å². The molecule has 0 N–H and O–H groups in total. The van der Waals surface area contributed by atoms with E-state index < -0.39 is 18.7 Å². The van der Waals surface area contributed by atoms with Crippen molar-refractivity contribution in [1.82, 2.24) is 0 Å². The minimum atomic E-state index is -0.573. The Balaban J connectivity index is 1.72. The fraction of sp³-hybridized carbons (Fsp3) is 0.429. The van der Waals surface area contributed by atoms with E-state index in [1.165, 1.54) is 0 Å². The van der Waals surface area contributed by atoms with E-state index in [1.807, 2.05) is 60.7 Å². The minimum Gasteiger partial charge on any atom is -0.365 e. The molecule has 1 saturated heterocycles. The number of benzene rings is 2. The number of hydrogen-bond acceptors (Lipinski definition) is 5. The van der Waals surface area contributed by atoms with Gasteiger partial charge in [0.05, 0.1) is 32.5 Å². The maximum Gasteiger partial charge on any atom is 0.186 e. The monoisotopic (exact) mass is 452 g/mol. The molecular weight excluding hydrogens is 416 g/mol. The van der Waals surface area contributed by atoms with Gasteiger partial charge < -0.3 is 23.7 Å². The second-order valence-corrected chi connectivity index (χ2v) is 8.36. The molecule has 1 fully saturated rings. The van der Waals surface area contributed by atoms with Gasteiger partial charge in [-0.3, -0.25) is 0 Å². The SMILES string of the molecule is C=C[C@@H](OCC(=C)CC)O[C@@H]1[C@@H](OCc2ccccc2)[C@@H](OCc2ccccc2)OC[C@H]1C. The molecule has 1 aliphatic heterocycles. The summed E-state index contributed by atoms with van der Waals surface area (Å²) in [7, 11) is 0. The van der Waals surface area contributed by atoms with Crippen LogP contribution in [-0.4, -0.2) is 38.0 Å². The summed E-state index contributed by atoms with van der Waals surface area (Å²) in [6.07, 6.45) is 0.663. The zero-order valence-corrected chi connectivity index (χ0v) is 19.7. The van der Waals surface area contributed by atoms with Gasteiger partial charge in [-0.2, -0.15) is 0 Å². The average Bonchev–Trinajstić information content (AvgIpc) is 2.86. The summed E-state index contributed by atoms with van der Waals surface area (Å²) in [6, 6.07) is 20.1. The molecule has 0 aromatic heterocycles. The Morgan fingerprint density at radius 2 is 1.61 bits per heavy atom. The van der Waals surface area contributed by atoms with Gasteiger partial charge in [0.25, 0.3) is 0 Å². The highest BCUT2D eigenvalue weighted by atomic mass is 16.7. The van der Waals surface area contributed by atoms with Crippen molar-refractivity contribution in [3.63, 3.8) is 0 Å². The molecule has 0 radical (unpaired) electrons. The van der Waals surface area contributed by atoms with Crippen LogP contribution in [0.5, 0.6) is 0 Å². The highest BCUT2D eigenvalue weighted by Gasteiger charge is 2.42. The van der Waals surface area contributed by atoms with E-state index in [1.54, 1.807) is 6.08 Å². The van der Waals surface area contributed by atoms with Crippen LogP contribution in [0, 0.1) is 5.92 Å². The zero-order chi connectivity index (χ0) is 23.5. The molecule has 0 amide bonds. The lowest BCUT2D eigenvalue weighted by molar-refractivity contribution is -0.300. The summed E-state index contributed by atoms with van der Waals surface area (Å²) in [5.74, 6) is 0.0859. The Morgan fingerprint density at radius 1 is 1.00 bits per heavy atom. The van der Waals surface area contributed by atoms with Crippen molar-refractivity contribution in [2.24, 2.45) is 5.92 Å². The average molecular weight is 453 g/mol. The Labute approximate surface area is 198 Å². The predicted octanol–water partition coefficient (Wildman–Crippen LogP) is 5.66. The third-order valence-corrected chi connectivity index (χ3v) is 5.65. The molecule has 33 heavy (non-hydrogen) atoms. The third-order valence-electron chi connectivity index (χ3n) is 5.65. The first kappa shape index (κ1) is 25.3. The lowest BCUT2D eigenvalue weighted by Gasteiger charge is -2.41. The van der Waals surface area contributed by atoms with Gasteiger partial charge in [0.2, 0.25) is 0 Å². The van der Waals surface area contributed by atoms with Crippen LogP contribution >= 0.6 is 0 Å². The van der Waals surface area contributed by atoms with E-state index in [0.717, 1.165) is 23.1 Å². The van der Waals surface area contributed by atoms with Crippen molar-refractivity contribution < 1.29 is 23.7 Å². The van der Waals surface area contributed by atoms with Crippen LogP contribution in [0.15, 0.2) is 85.5 Å². The summed E-state index contributed by atoms with van der Waals surface area (Å²) in [5, 5.41) is 0. The number of ether oxygens (including phenoxy) is 5. The summed E-state index contributed by atoms with van der Waals surface area (Å²) in [6.45, 7) is 13.8. The molecule has 2 aromatic carbocycles. The van der Waals surface area contributed by atoms with Crippen molar-refractivity contribution in [2.75, 3.05) is 13.2 Å². The molecule has 0 saturated carbocycles. The largest absolute Gasteiger partial charge is 0.365 e. The lowest BCUT2D eigenvalue weighted by atomic mass is 9.96. The summed E-state index contributed by atoms with van der Waals surface area (Å²) >= 11 is 0. The number of hydrogen-bond donors (Lipinski definition) is 0. The van der Waals surface area contributed by atoms with Gasteiger partial charge in [-0.25, -0.2) is 0 Å². The fourth-order valence-electron chi connectivity index (χ4n) is 3.58. The van der Waals surface area contributed by atoms with Crippen LogP contribution < -0.4 is 0 Å². The Morgan fingerprint density at radius 3 is 2.18 bits per heavy atom. The maximum atomic E-state index is 6.36. The van der Waals surface area contributed by atoms with Crippen LogP contribution in [0.1, 0.15) is 31.4 Å². The van der Waals surface area contributed by atoms with Gasteiger partial charge in [-0.05, 0) is 23.6 Å². The van der Waals surface area contributed by atoms with Crippen LogP contribution in [0.4, 0.5) is 0 Å².